The SMILES string of the molecule is Oc1cccc(CN2CCC(Nc3ccccc3)CC2)c1. The van der Waals surface area contributed by atoms with Crippen LogP contribution in [0.2, 0.25) is 0 Å². The molecule has 0 aromatic heterocycles. The van der Waals surface area contributed by atoms with Gasteiger partial charge in [-0.05, 0) is 42.7 Å². The van der Waals surface area contributed by atoms with Crippen molar-refractivity contribution in [2.45, 2.75) is 25.4 Å². The molecular formula is C18H22N2O. The molecule has 2 aromatic rings. The third-order valence-corrected chi connectivity index (χ3v) is 4.05. The minimum absolute atomic E-state index is 0.355. The number of aromatic hydroxyl groups is 1. The summed E-state index contributed by atoms with van der Waals surface area (Å²) in [7, 11) is 0. The van der Waals surface area contributed by atoms with Crippen molar-refractivity contribution >= 4 is 5.69 Å². The number of piperidine rings is 1. The smallest absolute Gasteiger partial charge is 0.115 e. The Morgan fingerprint density at radius 2 is 1.76 bits per heavy atom. The van der Waals surface area contributed by atoms with Crippen LogP contribution in [0.3, 0.4) is 0 Å². The van der Waals surface area contributed by atoms with Crippen molar-refractivity contribution in [2.75, 3.05) is 18.4 Å². The molecule has 1 fully saturated rings. The van der Waals surface area contributed by atoms with Crippen molar-refractivity contribution in [2.24, 2.45) is 0 Å². The molecular weight excluding hydrogens is 260 g/mol. The van der Waals surface area contributed by atoms with Crippen LogP contribution >= 0.6 is 0 Å². The number of hydrogen-bond acceptors (Lipinski definition) is 3. The lowest BCUT2D eigenvalue weighted by atomic mass is 10.0. The summed E-state index contributed by atoms with van der Waals surface area (Å²) in [5, 5.41) is 13.1. The predicted octanol–water partition coefficient (Wildman–Crippen LogP) is 3.47. The standard InChI is InChI=1S/C18H22N2O/c21-18-8-4-5-15(13-18)14-20-11-9-17(10-12-20)19-16-6-2-1-3-7-16/h1-8,13,17,19,21H,9-12,14H2. The van der Waals surface area contributed by atoms with Crippen molar-refractivity contribution in [1.82, 2.24) is 4.90 Å². The Labute approximate surface area is 126 Å². The fraction of sp³-hybridized carbons (Fsp3) is 0.333. The maximum atomic E-state index is 9.52. The molecule has 1 aliphatic heterocycles. The van der Waals surface area contributed by atoms with Crippen LogP contribution in [0.15, 0.2) is 54.6 Å². The molecule has 0 aliphatic carbocycles. The number of likely N-dealkylation sites (tertiary alicyclic amines) is 1. The molecule has 21 heavy (non-hydrogen) atoms. The third-order valence-electron chi connectivity index (χ3n) is 4.05. The molecule has 2 N–H and O–H groups in total. The van der Waals surface area contributed by atoms with Crippen molar-refractivity contribution in [3.63, 3.8) is 0 Å². The Kier molecular flexibility index (Phi) is 4.41. The second kappa shape index (κ2) is 6.64. The Bertz CT molecular complexity index is 562. The first-order chi connectivity index (χ1) is 10.3. The summed E-state index contributed by atoms with van der Waals surface area (Å²) < 4.78 is 0. The van der Waals surface area contributed by atoms with E-state index in [-0.39, 0.29) is 0 Å². The zero-order valence-electron chi connectivity index (χ0n) is 12.2. The van der Waals surface area contributed by atoms with Gasteiger partial charge in [0, 0.05) is 31.4 Å². The maximum absolute atomic E-state index is 9.52. The van der Waals surface area contributed by atoms with E-state index in [0.717, 1.165) is 32.5 Å². The predicted molar refractivity (Wildman–Crippen MR) is 86.5 cm³/mol. The van der Waals surface area contributed by atoms with Gasteiger partial charge in [0.25, 0.3) is 0 Å². The van der Waals surface area contributed by atoms with Gasteiger partial charge in [-0.1, -0.05) is 30.3 Å². The van der Waals surface area contributed by atoms with Crippen molar-refractivity contribution in [3.8, 4) is 5.75 Å². The number of benzene rings is 2. The van der Waals surface area contributed by atoms with Gasteiger partial charge >= 0.3 is 0 Å². The number of rotatable bonds is 4. The Hall–Kier alpha value is -2.00. The number of anilines is 1. The molecule has 0 saturated carbocycles. The average Bonchev–Trinajstić information content (AvgIpc) is 2.50. The van der Waals surface area contributed by atoms with Gasteiger partial charge < -0.3 is 10.4 Å². The Balaban J connectivity index is 1.49. The zero-order valence-corrected chi connectivity index (χ0v) is 12.2. The van der Waals surface area contributed by atoms with E-state index >= 15 is 0 Å². The van der Waals surface area contributed by atoms with E-state index in [1.807, 2.05) is 18.2 Å². The first kappa shape index (κ1) is 14.0. The summed E-state index contributed by atoms with van der Waals surface area (Å²) in [6, 6.07) is 18.6. The lowest BCUT2D eigenvalue weighted by molar-refractivity contribution is 0.211. The monoisotopic (exact) mass is 282 g/mol. The molecule has 3 rings (SSSR count). The van der Waals surface area contributed by atoms with Crippen LogP contribution in [0, 0.1) is 0 Å². The first-order valence-corrected chi connectivity index (χ1v) is 7.61. The van der Waals surface area contributed by atoms with Crippen LogP contribution in [0.25, 0.3) is 0 Å². The van der Waals surface area contributed by atoms with E-state index < -0.39 is 0 Å². The van der Waals surface area contributed by atoms with Gasteiger partial charge in [0.1, 0.15) is 5.75 Å². The molecule has 0 atom stereocenters. The van der Waals surface area contributed by atoms with E-state index in [0.29, 0.717) is 11.8 Å². The summed E-state index contributed by atoms with van der Waals surface area (Å²) in [6.07, 6.45) is 2.32. The van der Waals surface area contributed by atoms with Gasteiger partial charge in [-0.15, -0.1) is 0 Å². The highest BCUT2D eigenvalue weighted by Crippen LogP contribution is 2.19. The molecule has 0 amide bonds. The molecule has 0 unspecified atom stereocenters. The fourth-order valence-electron chi connectivity index (χ4n) is 2.92. The van der Waals surface area contributed by atoms with Crippen molar-refractivity contribution in [3.05, 3.63) is 60.2 Å². The molecule has 2 aromatic carbocycles. The Morgan fingerprint density at radius 1 is 1.00 bits per heavy atom. The van der Waals surface area contributed by atoms with Crippen LogP contribution in [0.5, 0.6) is 5.75 Å². The summed E-state index contributed by atoms with van der Waals surface area (Å²) in [4.78, 5) is 2.46. The van der Waals surface area contributed by atoms with E-state index in [2.05, 4.69) is 40.5 Å². The molecule has 1 saturated heterocycles. The molecule has 1 heterocycles. The summed E-state index contributed by atoms with van der Waals surface area (Å²) in [5.74, 6) is 0.355. The molecule has 0 radical (unpaired) electrons. The zero-order chi connectivity index (χ0) is 14.5. The normalized spacial score (nSPS) is 16.8. The highest BCUT2D eigenvalue weighted by atomic mass is 16.3. The number of phenols is 1. The number of hydrogen-bond donors (Lipinski definition) is 2. The third kappa shape index (κ3) is 3.99. The number of phenolic OH excluding ortho intramolecular Hbond substituents is 1. The molecule has 0 bridgehead atoms. The van der Waals surface area contributed by atoms with Gasteiger partial charge in [0.05, 0.1) is 0 Å². The average molecular weight is 282 g/mol. The second-order valence-electron chi connectivity index (χ2n) is 5.73. The van der Waals surface area contributed by atoms with Crippen molar-refractivity contribution < 1.29 is 5.11 Å². The number of para-hydroxylation sites is 1. The quantitative estimate of drug-likeness (QED) is 0.901. The summed E-state index contributed by atoms with van der Waals surface area (Å²) in [6.45, 7) is 3.12. The van der Waals surface area contributed by atoms with Gasteiger partial charge in [0.2, 0.25) is 0 Å². The highest BCUT2D eigenvalue weighted by molar-refractivity contribution is 5.43. The van der Waals surface area contributed by atoms with Gasteiger partial charge in [-0.3, -0.25) is 4.90 Å². The molecule has 0 spiro atoms. The van der Waals surface area contributed by atoms with E-state index in [1.54, 1.807) is 6.07 Å². The fourth-order valence-corrected chi connectivity index (χ4v) is 2.92. The van der Waals surface area contributed by atoms with E-state index in [4.69, 9.17) is 0 Å². The van der Waals surface area contributed by atoms with Gasteiger partial charge in [0.15, 0.2) is 0 Å². The second-order valence-corrected chi connectivity index (χ2v) is 5.73. The van der Waals surface area contributed by atoms with Crippen molar-refractivity contribution in [1.29, 1.82) is 0 Å². The maximum Gasteiger partial charge on any atom is 0.115 e. The van der Waals surface area contributed by atoms with E-state index in [1.165, 1.54) is 11.3 Å². The van der Waals surface area contributed by atoms with Crippen LogP contribution in [0.1, 0.15) is 18.4 Å². The topological polar surface area (TPSA) is 35.5 Å². The number of nitrogens with zero attached hydrogens (tertiary/aromatic N) is 1. The van der Waals surface area contributed by atoms with Crippen LogP contribution in [-0.2, 0) is 6.54 Å². The Morgan fingerprint density at radius 3 is 2.48 bits per heavy atom. The molecule has 1 aliphatic rings. The minimum atomic E-state index is 0.355. The largest absolute Gasteiger partial charge is 0.508 e. The minimum Gasteiger partial charge on any atom is -0.508 e. The van der Waals surface area contributed by atoms with Crippen LogP contribution in [-0.4, -0.2) is 29.1 Å². The molecule has 110 valence electrons. The first-order valence-electron chi connectivity index (χ1n) is 7.61. The van der Waals surface area contributed by atoms with E-state index in [9.17, 15) is 5.11 Å². The van der Waals surface area contributed by atoms with Gasteiger partial charge in [-0.2, -0.15) is 0 Å². The number of nitrogens with one attached hydrogen (secondary N) is 1. The highest BCUT2D eigenvalue weighted by Gasteiger charge is 2.19. The van der Waals surface area contributed by atoms with Crippen LogP contribution < -0.4 is 5.32 Å². The lowest BCUT2D eigenvalue weighted by Gasteiger charge is -2.32. The molecule has 3 heteroatoms. The van der Waals surface area contributed by atoms with Gasteiger partial charge in [-0.25, -0.2) is 0 Å². The molecule has 3 nitrogen and oxygen atoms in total. The summed E-state index contributed by atoms with van der Waals surface area (Å²) in [5.41, 5.74) is 2.40. The lowest BCUT2D eigenvalue weighted by Crippen LogP contribution is -2.38. The van der Waals surface area contributed by atoms with Crippen LogP contribution in [0.4, 0.5) is 5.69 Å². The summed E-state index contributed by atoms with van der Waals surface area (Å²) >= 11 is 0.